The molecule has 0 fully saturated rings. The Kier molecular flexibility index (Phi) is 5.30. The van der Waals surface area contributed by atoms with Gasteiger partial charge >= 0.3 is 0 Å². The van der Waals surface area contributed by atoms with Gasteiger partial charge in [-0.1, -0.05) is 20.8 Å². The van der Waals surface area contributed by atoms with Crippen molar-refractivity contribution in [2.75, 3.05) is 16.8 Å². The molecule has 0 bridgehead atoms. The highest BCUT2D eigenvalue weighted by molar-refractivity contribution is 7.12. The average molecular weight is 382 g/mol. The van der Waals surface area contributed by atoms with Gasteiger partial charge < -0.3 is 10.2 Å². The largest absolute Gasteiger partial charge is 0.367 e. The van der Waals surface area contributed by atoms with Crippen molar-refractivity contribution in [1.82, 2.24) is 0 Å². The van der Waals surface area contributed by atoms with Gasteiger partial charge in [-0.15, -0.1) is 11.3 Å². The van der Waals surface area contributed by atoms with Crippen LogP contribution < -0.4 is 10.2 Å². The second-order valence-electron chi connectivity index (χ2n) is 8.58. The monoisotopic (exact) mass is 381 g/mol. The first-order valence-electron chi connectivity index (χ1n) is 9.34. The zero-order chi connectivity index (χ0) is 19.8. The number of nitriles is 1. The van der Waals surface area contributed by atoms with Crippen molar-refractivity contribution in [3.63, 3.8) is 0 Å². The number of aryl methyl sites for hydroxylation is 2. The van der Waals surface area contributed by atoms with Crippen LogP contribution in [-0.4, -0.2) is 12.5 Å². The summed E-state index contributed by atoms with van der Waals surface area (Å²) in [7, 11) is 0. The zero-order valence-corrected chi connectivity index (χ0v) is 17.6. The smallest absolute Gasteiger partial charge is 0.224 e. The maximum absolute atomic E-state index is 12.3. The van der Waals surface area contributed by atoms with Gasteiger partial charge in [-0.3, -0.25) is 4.79 Å². The summed E-state index contributed by atoms with van der Waals surface area (Å²) >= 11 is 1.62. The highest BCUT2D eigenvalue weighted by Gasteiger charge is 2.21. The van der Waals surface area contributed by atoms with Gasteiger partial charge in [0, 0.05) is 35.8 Å². The number of hydrogen-bond donors (Lipinski definition) is 1. The fourth-order valence-electron chi connectivity index (χ4n) is 3.59. The maximum atomic E-state index is 12.3. The lowest BCUT2D eigenvalue weighted by atomic mass is 9.92. The van der Waals surface area contributed by atoms with Gasteiger partial charge in [0.1, 0.15) is 10.9 Å². The van der Waals surface area contributed by atoms with E-state index in [0.717, 1.165) is 41.2 Å². The Labute approximate surface area is 165 Å². The molecule has 5 heteroatoms. The van der Waals surface area contributed by atoms with Gasteiger partial charge in [-0.2, -0.15) is 5.26 Å². The van der Waals surface area contributed by atoms with Crippen LogP contribution in [0.5, 0.6) is 0 Å². The Morgan fingerprint density at radius 2 is 1.93 bits per heavy atom. The molecule has 2 aromatic rings. The zero-order valence-electron chi connectivity index (χ0n) is 16.8. The first-order valence-corrected chi connectivity index (χ1v) is 10.2. The lowest BCUT2D eigenvalue weighted by Gasteiger charge is -2.30. The molecule has 3 rings (SSSR count). The first-order chi connectivity index (χ1) is 12.7. The number of nitrogens with one attached hydrogen (secondary N) is 1. The van der Waals surface area contributed by atoms with Gasteiger partial charge in [0.05, 0.1) is 0 Å². The van der Waals surface area contributed by atoms with Crippen molar-refractivity contribution in [3.8, 4) is 6.07 Å². The van der Waals surface area contributed by atoms with Crippen LogP contribution >= 0.6 is 11.3 Å². The van der Waals surface area contributed by atoms with Crippen molar-refractivity contribution in [2.24, 2.45) is 5.41 Å². The predicted octanol–water partition coefficient (Wildman–Crippen LogP) is 5.17. The maximum Gasteiger partial charge on any atom is 0.224 e. The molecular formula is C22H27N3OS. The summed E-state index contributed by atoms with van der Waals surface area (Å²) in [6.07, 6.45) is 1.48. The van der Waals surface area contributed by atoms with Crippen molar-refractivity contribution in [2.45, 2.75) is 54.0 Å². The highest BCUT2D eigenvalue weighted by atomic mass is 32.1. The van der Waals surface area contributed by atoms with Gasteiger partial charge in [-0.05, 0) is 60.6 Å². The third-order valence-corrected chi connectivity index (χ3v) is 5.96. The summed E-state index contributed by atoms with van der Waals surface area (Å²) in [6, 6.07) is 8.59. The lowest BCUT2D eigenvalue weighted by Crippen LogP contribution is -2.29. The summed E-state index contributed by atoms with van der Waals surface area (Å²) in [6.45, 7) is 12.1. The fraction of sp³-hybridized carbons (Fsp3) is 0.455. The normalized spacial score (nSPS) is 13.9. The van der Waals surface area contributed by atoms with E-state index in [4.69, 9.17) is 5.26 Å². The van der Waals surface area contributed by atoms with Gasteiger partial charge in [0.25, 0.3) is 0 Å². The minimum absolute atomic E-state index is 0.0276. The van der Waals surface area contributed by atoms with E-state index < -0.39 is 0 Å². The van der Waals surface area contributed by atoms with Crippen LogP contribution in [0, 0.1) is 30.6 Å². The minimum Gasteiger partial charge on any atom is -0.367 e. The Balaban J connectivity index is 1.79. The second kappa shape index (κ2) is 7.36. The Bertz CT molecular complexity index is 892. The van der Waals surface area contributed by atoms with Gasteiger partial charge in [0.15, 0.2) is 0 Å². The van der Waals surface area contributed by atoms with Crippen LogP contribution in [-0.2, 0) is 17.8 Å². The van der Waals surface area contributed by atoms with Crippen LogP contribution in [0.3, 0.4) is 0 Å². The molecule has 1 aliphatic rings. The number of amides is 1. The van der Waals surface area contributed by atoms with E-state index >= 15 is 0 Å². The van der Waals surface area contributed by atoms with E-state index in [9.17, 15) is 4.79 Å². The molecule has 0 radical (unpaired) electrons. The second-order valence-corrected chi connectivity index (χ2v) is 9.72. The molecule has 1 N–H and O–H groups in total. The number of rotatable bonds is 3. The number of thiophene rings is 1. The number of hydrogen-bond acceptors (Lipinski definition) is 4. The molecule has 2 heterocycles. The molecule has 0 aliphatic carbocycles. The van der Waals surface area contributed by atoms with Crippen molar-refractivity contribution >= 4 is 28.6 Å². The molecule has 4 nitrogen and oxygen atoms in total. The Morgan fingerprint density at radius 1 is 1.26 bits per heavy atom. The average Bonchev–Trinajstić information content (AvgIpc) is 2.98. The number of nitrogens with zero attached hydrogens (tertiary/aromatic N) is 2. The summed E-state index contributed by atoms with van der Waals surface area (Å²) in [4.78, 5) is 16.8. The molecule has 1 aromatic heterocycles. The van der Waals surface area contributed by atoms with E-state index in [1.165, 1.54) is 16.1 Å². The third kappa shape index (κ3) is 4.51. The third-order valence-electron chi connectivity index (χ3n) is 4.81. The van der Waals surface area contributed by atoms with E-state index in [0.29, 0.717) is 6.42 Å². The number of carbonyl (C=O) groups is 1. The molecule has 0 unspecified atom stereocenters. The topological polar surface area (TPSA) is 56.1 Å². The molecular weight excluding hydrogens is 354 g/mol. The standard InChI is InChI=1S/C22H27N3OS/c1-14-8-17(9-15(2)21(14)24-20(26)11-22(3,4)5)25-7-6-19-16(13-25)10-18(12-23)27-19/h8-10H,6-7,11,13H2,1-5H3,(H,24,26). The van der Waals surface area contributed by atoms with Crippen LogP contribution in [0.1, 0.15) is 53.6 Å². The molecule has 0 atom stereocenters. The summed E-state index contributed by atoms with van der Waals surface area (Å²) in [5.74, 6) is 0.0615. The number of carbonyl (C=O) groups excluding carboxylic acids is 1. The highest BCUT2D eigenvalue weighted by Crippen LogP contribution is 2.33. The molecule has 27 heavy (non-hydrogen) atoms. The molecule has 0 saturated carbocycles. The molecule has 1 aliphatic heterocycles. The minimum atomic E-state index is -0.0276. The van der Waals surface area contributed by atoms with Crippen LogP contribution in [0.2, 0.25) is 0 Å². The lowest BCUT2D eigenvalue weighted by molar-refractivity contribution is -0.117. The van der Waals surface area contributed by atoms with Crippen molar-refractivity contribution in [1.29, 1.82) is 5.26 Å². The summed E-state index contributed by atoms with van der Waals surface area (Å²) in [5.41, 5.74) is 5.50. The Hall–Kier alpha value is -2.32. The van der Waals surface area contributed by atoms with Gasteiger partial charge in [-0.25, -0.2) is 0 Å². The van der Waals surface area contributed by atoms with E-state index in [1.807, 2.05) is 6.07 Å². The molecule has 0 saturated heterocycles. The van der Waals surface area contributed by atoms with Gasteiger partial charge in [0.2, 0.25) is 5.91 Å². The molecule has 1 amide bonds. The number of anilines is 2. The van der Waals surface area contributed by atoms with Crippen LogP contribution in [0.4, 0.5) is 11.4 Å². The summed E-state index contributed by atoms with van der Waals surface area (Å²) in [5, 5.41) is 12.2. The molecule has 0 spiro atoms. The first kappa shape index (κ1) is 19.4. The molecule has 1 aromatic carbocycles. The Morgan fingerprint density at radius 3 is 2.52 bits per heavy atom. The predicted molar refractivity (Wildman–Crippen MR) is 112 cm³/mol. The van der Waals surface area contributed by atoms with Crippen LogP contribution in [0.25, 0.3) is 0 Å². The van der Waals surface area contributed by atoms with Crippen molar-refractivity contribution in [3.05, 3.63) is 44.6 Å². The SMILES string of the molecule is Cc1cc(N2CCc3sc(C#N)cc3C2)cc(C)c1NC(=O)CC(C)(C)C. The quantitative estimate of drug-likeness (QED) is 0.797. The number of fused-ring (bicyclic) bond motifs is 1. The number of benzene rings is 1. The summed E-state index contributed by atoms with van der Waals surface area (Å²) < 4.78 is 0. The van der Waals surface area contributed by atoms with Crippen LogP contribution in [0.15, 0.2) is 18.2 Å². The van der Waals surface area contributed by atoms with E-state index in [-0.39, 0.29) is 11.3 Å². The fourth-order valence-corrected chi connectivity index (χ4v) is 4.55. The molecule has 142 valence electrons. The van der Waals surface area contributed by atoms with E-state index in [1.54, 1.807) is 11.3 Å². The van der Waals surface area contributed by atoms with E-state index in [2.05, 4.69) is 63.0 Å². The van der Waals surface area contributed by atoms with Crippen molar-refractivity contribution < 1.29 is 4.79 Å².